The van der Waals surface area contributed by atoms with Gasteiger partial charge in [0, 0.05) is 42.3 Å². The Balaban J connectivity index is 1.49. The molecule has 2 saturated carbocycles. The first-order valence-corrected chi connectivity index (χ1v) is 9.76. The minimum atomic E-state index is 0.0108. The number of ketones is 1. The molecule has 1 saturated heterocycles. The van der Waals surface area contributed by atoms with Crippen LogP contribution in [0.2, 0.25) is 0 Å². The third kappa shape index (κ3) is 1.78. The Morgan fingerprint density at radius 3 is 2.96 bits per heavy atom. The third-order valence-corrected chi connectivity index (χ3v) is 7.75. The molecule has 130 valence electrons. The lowest BCUT2D eigenvalue weighted by molar-refractivity contribution is -0.116. The standard InChI is InChI=1S/C22H25NO2/c1-25-17-6-4-15-9-21-12-22(19(15)8-17)10-16(24)5-7-18(22)20(21)23(13-21)11-14-2-3-14/h4-8,14,18,20H,2-3,9-13H2,1H3/t18?,20-,21?,22+/m0/s1. The molecule has 3 nitrogen and oxygen atoms in total. The Hall–Kier alpha value is -1.61. The number of likely N-dealkylation sites (tertiary alicyclic amines) is 1. The van der Waals surface area contributed by atoms with Crippen molar-refractivity contribution in [1.82, 2.24) is 4.90 Å². The Morgan fingerprint density at radius 2 is 2.16 bits per heavy atom. The van der Waals surface area contributed by atoms with E-state index in [1.54, 1.807) is 7.11 Å². The first-order chi connectivity index (χ1) is 12.1. The summed E-state index contributed by atoms with van der Waals surface area (Å²) in [5, 5.41) is 0. The van der Waals surface area contributed by atoms with E-state index in [4.69, 9.17) is 4.74 Å². The van der Waals surface area contributed by atoms with Crippen LogP contribution >= 0.6 is 0 Å². The predicted molar refractivity (Wildman–Crippen MR) is 95.8 cm³/mol. The molecule has 1 aromatic rings. The van der Waals surface area contributed by atoms with Crippen molar-refractivity contribution in [1.29, 1.82) is 0 Å². The molecule has 3 fully saturated rings. The van der Waals surface area contributed by atoms with Crippen LogP contribution in [-0.4, -0.2) is 36.9 Å². The van der Waals surface area contributed by atoms with Crippen LogP contribution in [0.25, 0.3) is 0 Å². The first-order valence-electron chi connectivity index (χ1n) is 9.76. The fourth-order valence-electron chi connectivity index (χ4n) is 6.82. The highest BCUT2D eigenvalue weighted by atomic mass is 16.5. The van der Waals surface area contributed by atoms with Gasteiger partial charge < -0.3 is 4.74 Å². The van der Waals surface area contributed by atoms with Crippen molar-refractivity contribution in [2.24, 2.45) is 17.3 Å². The van der Waals surface area contributed by atoms with Crippen LogP contribution in [0.3, 0.4) is 0 Å². The van der Waals surface area contributed by atoms with Crippen molar-refractivity contribution < 1.29 is 9.53 Å². The van der Waals surface area contributed by atoms with Gasteiger partial charge in [-0.2, -0.15) is 0 Å². The van der Waals surface area contributed by atoms with Crippen LogP contribution in [-0.2, 0) is 16.6 Å². The van der Waals surface area contributed by atoms with Gasteiger partial charge in [-0.1, -0.05) is 12.1 Å². The first kappa shape index (κ1) is 14.5. The summed E-state index contributed by atoms with van der Waals surface area (Å²) in [6, 6.07) is 7.23. The maximum Gasteiger partial charge on any atom is 0.156 e. The highest BCUT2D eigenvalue weighted by Gasteiger charge is 2.70. The van der Waals surface area contributed by atoms with E-state index in [0.717, 1.165) is 11.7 Å². The Bertz CT molecular complexity index is 810. The van der Waals surface area contributed by atoms with E-state index in [1.807, 2.05) is 6.08 Å². The van der Waals surface area contributed by atoms with E-state index in [9.17, 15) is 4.79 Å². The maximum absolute atomic E-state index is 12.4. The number of carbonyl (C=O) groups is 1. The van der Waals surface area contributed by atoms with Gasteiger partial charge in [0.2, 0.25) is 0 Å². The molecule has 3 heteroatoms. The summed E-state index contributed by atoms with van der Waals surface area (Å²) in [5.41, 5.74) is 3.28. The van der Waals surface area contributed by atoms with Crippen molar-refractivity contribution >= 4 is 5.78 Å². The Kier molecular flexibility index (Phi) is 2.65. The van der Waals surface area contributed by atoms with Gasteiger partial charge in [0.15, 0.2) is 5.78 Å². The normalized spacial score (nSPS) is 40.9. The van der Waals surface area contributed by atoms with Crippen LogP contribution < -0.4 is 4.74 Å². The number of allylic oxidation sites excluding steroid dienone is 1. The third-order valence-electron chi connectivity index (χ3n) is 7.75. The zero-order valence-electron chi connectivity index (χ0n) is 14.8. The minimum absolute atomic E-state index is 0.0108. The van der Waals surface area contributed by atoms with Gasteiger partial charge in [-0.15, -0.1) is 0 Å². The molecule has 5 aliphatic rings. The highest BCUT2D eigenvalue weighted by molar-refractivity contribution is 5.92. The number of carbonyl (C=O) groups excluding carboxylic acids is 1. The van der Waals surface area contributed by atoms with Crippen LogP contribution in [0.5, 0.6) is 5.75 Å². The molecule has 2 unspecified atom stereocenters. The lowest BCUT2D eigenvalue weighted by Crippen LogP contribution is -2.64. The zero-order chi connectivity index (χ0) is 16.8. The molecule has 0 aromatic heterocycles. The summed E-state index contributed by atoms with van der Waals surface area (Å²) in [5.74, 6) is 2.66. The van der Waals surface area contributed by atoms with Crippen molar-refractivity contribution in [2.45, 2.75) is 43.6 Å². The second kappa shape index (κ2) is 4.56. The van der Waals surface area contributed by atoms with E-state index in [1.165, 1.54) is 49.9 Å². The van der Waals surface area contributed by atoms with Gasteiger partial charge in [-0.25, -0.2) is 0 Å². The van der Waals surface area contributed by atoms with Crippen molar-refractivity contribution in [3.8, 4) is 5.75 Å². The summed E-state index contributed by atoms with van der Waals surface area (Å²) in [7, 11) is 1.74. The number of hydrogen-bond acceptors (Lipinski definition) is 3. The van der Waals surface area contributed by atoms with Crippen molar-refractivity contribution in [3.05, 3.63) is 41.5 Å². The number of fused-ring (bicyclic) bond motifs is 2. The van der Waals surface area contributed by atoms with Gasteiger partial charge >= 0.3 is 0 Å². The Morgan fingerprint density at radius 1 is 1.28 bits per heavy atom. The lowest BCUT2D eigenvalue weighted by Gasteiger charge is -2.56. The van der Waals surface area contributed by atoms with Gasteiger partial charge in [0.05, 0.1) is 7.11 Å². The predicted octanol–water partition coefficient (Wildman–Crippen LogP) is 3.12. The van der Waals surface area contributed by atoms with Crippen LogP contribution in [0, 0.1) is 17.3 Å². The molecular weight excluding hydrogens is 310 g/mol. The van der Waals surface area contributed by atoms with E-state index in [2.05, 4.69) is 29.2 Å². The minimum Gasteiger partial charge on any atom is -0.497 e. The van der Waals surface area contributed by atoms with Crippen molar-refractivity contribution in [3.63, 3.8) is 0 Å². The number of nitrogens with zero attached hydrogens (tertiary/aromatic N) is 1. The molecule has 2 bridgehead atoms. The molecule has 6 rings (SSSR count). The molecule has 1 heterocycles. The van der Waals surface area contributed by atoms with Gasteiger partial charge in [-0.3, -0.25) is 9.69 Å². The van der Waals surface area contributed by atoms with Gasteiger partial charge in [-0.05, 0) is 60.9 Å². The highest BCUT2D eigenvalue weighted by Crippen LogP contribution is 2.68. The molecule has 0 amide bonds. The number of rotatable bonds is 3. The number of ether oxygens (including phenoxy) is 1. The summed E-state index contributed by atoms with van der Waals surface area (Å²) in [4.78, 5) is 15.2. The maximum atomic E-state index is 12.4. The molecule has 4 atom stereocenters. The van der Waals surface area contributed by atoms with Gasteiger partial charge in [0.1, 0.15) is 5.75 Å². The summed E-state index contributed by atoms with van der Waals surface area (Å²) in [6.45, 7) is 2.51. The molecule has 0 N–H and O–H groups in total. The van der Waals surface area contributed by atoms with Crippen LogP contribution in [0.15, 0.2) is 30.4 Å². The van der Waals surface area contributed by atoms with E-state index < -0.39 is 0 Å². The average Bonchev–Trinajstić information content (AvgIpc) is 3.38. The zero-order valence-corrected chi connectivity index (χ0v) is 14.8. The molecule has 1 aliphatic heterocycles. The fourth-order valence-corrected chi connectivity index (χ4v) is 6.82. The van der Waals surface area contributed by atoms with Crippen LogP contribution in [0.4, 0.5) is 0 Å². The number of benzene rings is 1. The topological polar surface area (TPSA) is 29.5 Å². The largest absolute Gasteiger partial charge is 0.497 e. The van der Waals surface area contributed by atoms with Crippen LogP contribution in [0.1, 0.15) is 36.8 Å². The Labute approximate surface area is 149 Å². The molecule has 4 aliphatic carbocycles. The quantitative estimate of drug-likeness (QED) is 0.850. The second-order valence-corrected chi connectivity index (χ2v) is 9.24. The molecule has 2 spiro atoms. The fraction of sp³-hybridized carbons (Fsp3) is 0.591. The monoisotopic (exact) mass is 335 g/mol. The van der Waals surface area contributed by atoms with E-state index in [-0.39, 0.29) is 5.41 Å². The van der Waals surface area contributed by atoms with Gasteiger partial charge in [0.25, 0.3) is 0 Å². The number of methoxy groups -OCH3 is 1. The summed E-state index contributed by atoms with van der Waals surface area (Å²) in [6.07, 6.45) is 10.0. The summed E-state index contributed by atoms with van der Waals surface area (Å²) >= 11 is 0. The number of hydrogen-bond donors (Lipinski definition) is 0. The summed E-state index contributed by atoms with van der Waals surface area (Å²) < 4.78 is 5.53. The van der Waals surface area contributed by atoms with Crippen molar-refractivity contribution in [2.75, 3.05) is 20.2 Å². The van der Waals surface area contributed by atoms with E-state index >= 15 is 0 Å². The molecule has 0 radical (unpaired) electrons. The smallest absolute Gasteiger partial charge is 0.156 e. The molecule has 1 aromatic carbocycles. The second-order valence-electron chi connectivity index (χ2n) is 9.24. The SMILES string of the molecule is COc1ccc2c(c1)[C@@]13CC(=O)C=CC1[C@@H]1N(CC4CC4)CC1(C2)C3. The van der Waals surface area contributed by atoms with E-state index in [0.29, 0.717) is 29.6 Å². The average molecular weight is 335 g/mol. The lowest BCUT2D eigenvalue weighted by atomic mass is 9.60. The molecule has 25 heavy (non-hydrogen) atoms. The molecular formula is C22H25NO2.